The molecular weight excluding hydrogens is 322 g/mol. The molecule has 25 heavy (non-hydrogen) atoms. The van der Waals surface area contributed by atoms with E-state index >= 15 is 0 Å². The molecular formula is C17H21N5O3. The zero-order valence-corrected chi connectivity index (χ0v) is 14.1. The number of urea groups is 1. The van der Waals surface area contributed by atoms with Crippen molar-refractivity contribution in [2.75, 3.05) is 25.0 Å². The third kappa shape index (κ3) is 3.96. The van der Waals surface area contributed by atoms with Crippen molar-refractivity contribution in [3.63, 3.8) is 0 Å². The SMILES string of the molecule is CCOC(=O)[C@H]1CCCN(C(=O)Nc2cccnc2-n2cccn2)C1. The van der Waals surface area contributed by atoms with E-state index in [0.717, 1.165) is 12.8 Å². The zero-order chi connectivity index (χ0) is 17.6. The van der Waals surface area contributed by atoms with Crippen LogP contribution in [0.25, 0.3) is 5.82 Å². The minimum Gasteiger partial charge on any atom is -0.466 e. The van der Waals surface area contributed by atoms with E-state index in [1.165, 1.54) is 0 Å². The molecule has 1 fully saturated rings. The Kier molecular flexibility index (Phi) is 5.27. The molecule has 1 atom stereocenters. The summed E-state index contributed by atoms with van der Waals surface area (Å²) in [6.07, 6.45) is 6.57. The van der Waals surface area contributed by atoms with Crippen molar-refractivity contribution in [2.45, 2.75) is 19.8 Å². The highest BCUT2D eigenvalue weighted by atomic mass is 16.5. The number of amides is 2. The van der Waals surface area contributed by atoms with Gasteiger partial charge in [-0.2, -0.15) is 5.10 Å². The second-order valence-corrected chi connectivity index (χ2v) is 5.79. The monoisotopic (exact) mass is 343 g/mol. The summed E-state index contributed by atoms with van der Waals surface area (Å²) < 4.78 is 6.67. The molecule has 2 amide bonds. The van der Waals surface area contributed by atoms with Gasteiger partial charge in [0.1, 0.15) is 0 Å². The predicted molar refractivity (Wildman–Crippen MR) is 91.3 cm³/mol. The Labute approximate surface area is 145 Å². The Morgan fingerprint density at radius 1 is 1.36 bits per heavy atom. The number of hydrogen-bond donors (Lipinski definition) is 1. The van der Waals surface area contributed by atoms with Crippen LogP contribution in [0.4, 0.5) is 10.5 Å². The van der Waals surface area contributed by atoms with E-state index in [1.54, 1.807) is 53.3 Å². The van der Waals surface area contributed by atoms with Crippen LogP contribution >= 0.6 is 0 Å². The van der Waals surface area contributed by atoms with Gasteiger partial charge in [-0.25, -0.2) is 14.5 Å². The number of likely N-dealkylation sites (tertiary alicyclic amines) is 1. The molecule has 2 aromatic rings. The van der Waals surface area contributed by atoms with Crippen molar-refractivity contribution >= 4 is 17.7 Å². The number of pyridine rings is 1. The lowest BCUT2D eigenvalue weighted by atomic mass is 9.98. The number of rotatable bonds is 4. The number of hydrogen-bond acceptors (Lipinski definition) is 5. The average Bonchev–Trinajstić information content (AvgIpc) is 3.17. The minimum absolute atomic E-state index is 0.237. The molecule has 8 nitrogen and oxygen atoms in total. The molecule has 3 rings (SSSR count). The first kappa shape index (κ1) is 16.9. The minimum atomic E-state index is -0.265. The van der Waals surface area contributed by atoms with Crippen LogP contribution in [0.15, 0.2) is 36.8 Å². The van der Waals surface area contributed by atoms with E-state index < -0.39 is 0 Å². The first-order chi connectivity index (χ1) is 12.2. The molecule has 0 spiro atoms. The fourth-order valence-corrected chi connectivity index (χ4v) is 2.88. The van der Waals surface area contributed by atoms with Crippen molar-refractivity contribution in [3.8, 4) is 5.82 Å². The highest BCUT2D eigenvalue weighted by Crippen LogP contribution is 2.21. The molecule has 0 aromatic carbocycles. The molecule has 0 saturated carbocycles. The van der Waals surface area contributed by atoms with E-state index in [0.29, 0.717) is 31.2 Å². The first-order valence-corrected chi connectivity index (χ1v) is 8.36. The Morgan fingerprint density at radius 2 is 2.24 bits per heavy atom. The largest absolute Gasteiger partial charge is 0.466 e. The number of aromatic nitrogens is 3. The summed E-state index contributed by atoms with van der Waals surface area (Å²) in [6, 6.07) is 5.06. The zero-order valence-electron chi connectivity index (χ0n) is 14.1. The highest BCUT2D eigenvalue weighted by Gasteiger charge is 2.29. The summed E-state index contributed by atoms with van der Waals surface area (Å²) in [6.45, 7) is 3.11. The lowest BCUT2D eigenvalue weighted by Crippen LogP contribution is -2.44. The molecule has 3 heterocycles. The Hall–Kier alpha value is -2.90. The second-order valence-electron chi connectivity index (χ2n) is 5.79. The van der Waals surface area contributed by atoms with Crippen LogP contribution < -0.4 is 5.32 Å². The topological polar surface area (TPSA) is 89.4 Å². The van der Waals surface area contributed by atoms with Crippen LogP contribution in [0.5, 0.6) is 0 Å². The maximum atomic E-state index is 12.6. The van der Waals surface area contributed by atoms with Crippen LogP contribution in [-0.2, 0) is 9.53 Å². The van der Waals surface area contributed by atoms with E-state index in [1.807, 2.05) is 0 Å². The Balaban J connectivity index is 1.69. The molecule has 1 aliphatic heterocycles. The molecule has 1 N–H and O–H groups in total. The van der Waals surface area contributed by atoms with Gasteiger partial charge in [0.05, 0.1) is 18.2 Å². The summed E-state index contributed by atoms with van der Waals surface area (Å²) in [5.74, 6) is 0.0392. The van der Waals surface area contributed by atoms with E-state index in [-0.39, 0.29) is 17.9 Å². The molecule has 132 valence electrons. The van der Waals surface area contributed by atoms with Crippen LogP contribution in [0, 0.1) is 5.92 Å². The quantitative estimate of drug-likeness (QED) is 0.859. The summed E-state index contributed by atoms with van der Waals surface area (Å²) in [7, 11) is 0. The second kappa shape index (κ2) is 7.78. The number of nitrogens with one attached hydrogen (secondary N) is 1. The summed E-state index contributed by atoms with van der Waals surface area (Å²) in [4.78, 5) is 30.5. The summed E-state index contributed by atoms with van der Waals surface area (Å²) in [5, 5.41) is 7.02. The number of ether oxygens (including phenoxy) is 1. The predicted octanol–water partition coefficient (Wildman–Crippen LogP) is 2.07. The number of esters is 1. The van der Waals surface area contributed by atoms with Crippen molar-refractivity contribution in [2.24, 2.45) is 5.92 Å². The van der Waals surface area contributed by atoms with Gasteiger partial charge >= 0.3 is 12.0 Å². The fourth-order valence-electron chi connectivity index (χ4n) is 2.88. The van der Waals surface area contributed by atoms with Gasteiger partial charge in [0.2, 0.25) is 0 Å². The van der Waals surface area contributed by atoms with Gasteiger partial charge in [-0.05, 0) is 38.0 Å². The van der Waals surface area contributed by atoms with Crippen molar-refractivity contribution in [3.05, 3.63) is 36.8 Å². The number of nitrogens with zero attached hydrogens (tertiary/aromatic N) is 4. The lowest BCUT2D eigenvalue weighted by Gasteiger charge is -2.31. The van der Waals surface area contributed by atoms with E-state index in [4.69, 9.17) is 4.74 Å². The van der Waals surface area contributed by atoms with Gasteiger partial charge in [0.15, 0.2) is 5.82 Å². The maximum absolute atomic E-state index is 12.6. The number of anilines is 1. The van der Waals surface area contributed by atoms with Crippen LogP contribution in [0.1, 0.15) is 19.8 Å². The third-order valence-corrected chi connectivity index (χ3v) is 4.08. The smallest absolute Gasteiger partial charge is 0.321 e. The standard InChI is InChI=1S/C17H21N5O3/c1-2-25-16(23)13-6-4-10-21(12-13)17(24)20-14-7-3-8-18-15(14)22-11-5-9-19-22/h3,5,7-9,11,13H,2,4,6,10,12H2,1H3,(H,20,24)/t13-/m0/s1. The molecule has 2 aromatic heterocycles. The number of carbonyl (C=O) groups excluding carboxylic acids is 2. The van der Waals surface area contributed by atoms with Gasteiger partial charge in [0, 0.05) is 31.7 Å². The van der Waals surface area contributed by atoms with Crippen molar-refractivity contribution < 1.29 is 14.3 Å². The van der Waals surface area contributed by atoms with Crippen molar-refractivity contribution in [1.29, 1.82) is 0 Å². The summed E-state index contributed by atoms with van der Waals surface area (Å²) >= 11 is 0. The first-order valence-electron chi connectivity index (χ1n) is 8.36. The van der Waals surface area contributed by atoms with E-state index in [9.17, 15) is 9.59 Å². The molecule has 0 aliphatic carbocycles. The van der Waals surface area contributed by atoms with Crippen LogP contribution in [0.3, 0.4) is 0 Å². The highest BCUT2D eigenvalue weighted by molar-refractivity contribution is 5.91. The fraction of sp³-hybridized carbons (Fsp3) is 0.412. The Morgan fingerprint density at radius 3 is 3.00 bits per heavy atom. The molecule has 1 saturated heterocycles. The lowest BCUT2D eigenvalue weighted by molar-refractivity contribution is -0.149. The van der Waals surface area contributed by atoms with Crippen LogP contribution in [-0.4, -0.2) is 51.4 Å². The van der Waals surface area contributed by atoms with Gasteiger partial charge in [-0.15, -0.1) is 0 Å². The molecule has 0 unspecified atom stereocenters. The summed E-state index contributed by atoms with van der Waals surface area (Å²) in [5.41, 5.74) is 0.564. The normalized spacial score (nSPS) is 17.2. The van der Waals surface area contributed by atoms with Crippen LogP contribution in [0.2, 0.25) is 0 Å². The Bertz CT molecular complexity index is 732. The average molecular weight is 343 g/mol. The molecule has 0 bridgehead atoms. The number of carbonyl (C=O) groups is 2. The van der Waals surface area contributed by atoms with Gasteiger partial charge in [-0.1, -0.05) is 0 Å². The molecule has 8 heteroatoms. The molecule has 1 aliphatic rings. The van der Waals surface area contributed by atoms with Crippen molar-refractivity contribution in [1.82, 2.24) is 19.7 Å². The van der Waals surface area contributed by atoms with E-state index in [2.05, 4.69) is 15.4 Å². The number of piperidine rings is 1. The maximum Gasteiger partial charge on any atom is 0.321 e. The van der Waals surface area contributed by atoms with Gasteiger partial charge < -0.3 is 15.0 Å². The van der Waals surface area contributed by atoms with Gasteiger partial charge in [-0.3, -0.25) is 4.79 Å². The molecule has 0 radical (unpaired) electrons. The third-order valence-electron chi connectivity index (χ3n) is 4.08. The van der Waals surface area contributed by atoms with Gasteiger partial charge in [0.25, 0.3) is 0 Å².